The van der Waals surface area contributed by atoms with E-state index in [-0.39, 0.29) is 10.6 Å². The highest BCUT2D eigenvalue weighted by molar-refractivity contribution is 7.98. The minimum Gasteiger partial charge on any atom is -0.356 e. The smallest absolute Gasteiger partial charge is 0.273 e. The highest BCUT2D eigenvalue weighted by atomic mass is 32.2. The van der Waals surface area contributed by atoms with Crippen molar-refractivity contribution in [3.05, 3.63) is 52.2 Å². The quantitative estimate of drug-likeness (QED) is 0.333. The Morgan fingerprint density at radius 1 is 1.31 bits per heavy atom. The lowest BCUT2D eigenvalue weighted by Crippen LogP contribution is -2.43. The number of nitro benzene ring substituents is 1. The minimum absolute atomic E-state index is 0.197. The van der Waals surface area contributed by atoms with Crippen LogP contribution in [-0.4, -0.2) is 52.2 Å². The zero-order valence-electron chi connectivity index (χ0n) is 15.0. The van der Waals surface area contributed by atoms with Crippen molar-refractivity contribution in [3.8, 4) is 0 Å². The number of nitrogens with zero attached hydrogens (tertiary/aromatic N) is 5. The van der Waals surface area contributed by atoms with Gasteiger partial charge in [-0.05, 0) is 32.2 Å². The molecule has 1 fully saturated rings. The predicted octanol–water partition coefficient (Wildman–Crippen LogP) is 3.21. The largest absolute Gasteiger partial charge is 0.356 e. The van der Waals surface area contributed by atoms with Crippen LogP contribution < -0.4 is 4.90 Å². The second-order valence-corrected chi connectivity index (χ2v) is 7.19. The third-order valence-electron chi connectivity index (χ3n) is 4.82. The topological polar surface area (TPSA) is 75.4 Å². The Morgan fingerprint density at radius 3 is 2.73 bits per heavy atom. The number of anilines is 1. The van der Waals surface area contributed by atoms with E-state index in [0.29, 0.717) is 12.6 Å². The lowest BCUT2D eigenvalue weighted by atomic mass is 10.0. The number of thioether (sulfide) groups is 1. The Balaban J connectivity index is 1.60. The number of nitro groups is 1. The van der Waals surface area contributed by atoms with Crippen molar-refractivity contribution in [2.75, 3.05) is 31.3 Å². The van der Waals surface area contributed by atoms with Crippen LogP contribution in [-0.2, 0) is 6.54 Å². The molecule has 0 atom stereocenters. The van der Waals surface area contributed by atoms with E-state index in [0.717, 1.165) is 42.5 Å². The van der Waals surface area contributed by atoms with Gasteiger partial charge in [-0.2, -0.15) is 0 Å². The number of hydrogen-bond donors (Lipinski definition) is 0. The van der Waals surface area contributed by atoms with Gasteiger partial charge in [0.05, 0.1) is 4.92 Å². The molecule has 3 rings (SSSR count). The van der Waals surface area contributed by atoms with Gasteiger partial charge in [-0.3, -0.25) is 15.0 Å². The molecule has 0 radical (unpaired) electrons. The van der Waals surface area contributed by atoms with Crippen molar-refractivity contribution in [3.63, 3.8) is 0 Å². The van der Waals surface area contributed by atoms with Crippen LogP contribution in [0.5, 0.6) is 0 Å². The molecule has 0 aliphatic carbocycles. The summed E-state index contributed by atoms with van der Waals surface area (Å²) < 4.78 is 0. The lowest BCUT2D eigenvalue weighted by molar-refractivity contribution is -0.385. The van der Waals surface area contributed by atoms with Crippen LogP contribution >= 0.6 is 11.8 Å². The number of piperidine rings is 1. The maximum atomic E-state index is 11.2. The SMILES string of the molecule is CSc1nccc(N2CCC(N(C)Cc3ccccc3[N+](=O)[O-])CC2)n1. The van der Waals surface area contributed by atoms with Crippen LogP contribution in [0.1, 0.15) is 18.4 Å². The Morgan fingerprint density at radius 2 is 2.04 bits per heavy atom. The van der Waals surface area contributed by atoms with Gasteiger partial charge in [0.15, 0.2) is 5.16 Å². The van der Waals surface area contributed by atoms with Gasteiger partial charge in [-0.1, -0.05) is 30.0 Å². The molecule has 2 aromatic rings. The number of para-hydroxylation sites is 1. The van der Waals surface area contributed by atoms with Crippen LogP contribution in [0, 0.1) is 10.1 Å². The van der Waals surface area contributed by atoms with Gasteiger partial charge in [-0.15, -0.1) is 0 Å². The van der Waals surface area contributed by atoms with Gasteiger partial charge in [0, 0.05) is 43.5 Å². The highest BCUT2D eigenvalue weighted by Crippen LogP contribution is 2.25. The molecule has 0 unspecified atom stereocenters. The van der Waals surface area contributed by atoms with Crippen molar-refractivity contribution >= 4 is 23.3 Å². The van der Waals surface area contributed by atoms with Crippen molar-refractivity contribution in [2.45, 2.75) is 30.6 Å². The van der Waals surface area contributed by atoms with Crippen molar-refractivity contribution in [2.24, 2.45) is 0 Å². The zero-order chi connectivity index (χ0) is 18.5. The van der Waals surface area contributed by atoms with Crippen LogP contribution in [0.3, 0.4) is 0 Å². The van der Waals surface area contributed by atoms with E-state index in [1.165, 1.54) is 0 Å². The molecular weight excluding hydrogens is 350 g/mol. The summed E-state index contributed by atoms with van der Waals surface area (Å²) in [6.45, 7) is 2.44. The summed E-state index contributed by atoms with van der Waals surface area (Å²) in [5.41, 5.74) is 0.963. The third kappa shape index (κ3) is 4.31. The second-order valence-electron chi connectivity index (χ2n) is 6.42. The normalized spacial score (nSPS) is 15.4. The first-order valence-electron chi connectivity index (χ1n) is 8.63. The summed E-state index contributed by atoms with van der Waals surface area (Å²) in [5, 5.41) is 12.0. The number of aromatic nitrogens is 2. The van der Waals surface area contributed by atoms with Crippen molar-refractivity contribution < 1.29 is 4.92 Å². The van der Waals surface area contributed by atoms with Gasteiger partial charge >= 0.3 is 0 Å². The van der Waals surface area contributed by atoms with Crippen LogP contribution in [0.2, 0.25) is 0 Å². The number of hydrogen-bond acceptors (Lipinski definition) is 7. The summed E-state index contributed by atoms with van der Waals surface area (Å²) in [4.78, 5) is 24.2. The molecule has 0 saturated carbocycles. The standard InChI is InChI=1S/C18H23N5O2S/c1-21(13-14-5-3-4-6-16(14)23(24)25)15-8-11-22(12-9-15)17-7-10-19-18(20-17)26-2/h3-7,10,15H,8-9,11-13H2,1-2H3. The van der Waals surface area contributed by atoms with Gasteiger partial charge in [-0.25, -0.2) is 9.97 Å². The molecule has 8 heteroatoms. The molecule has 1 aromatic carbocycles. The molecule has 0 bridgehead atoms. The summed E-state index contributed by atoms with van der Waals surface area (Å²) >= 11 is 1.55. The van der Waals surface area contributed by atoms with E-state index in [2.05, 4.69) is 19.8 Å². The maximum Gasteiger partial charge on any atom is 0.273 e. The fraction of sp³-hybridized carbons (Fsp3) is 0.444. The lowest BCUT2D eigenvalue weighted by Gasteiger charge is -2.37. The summed E-state index contributed by atoms with van der Waals surface area (Å²) in [6, 6.07) is 9.35. The fourth-order valence-corrected chi connectivity index (χ4v) is 3.71. The summed E-state index contributed by atoms with van der Waals surface area (Å²) in [6.07, 6.45) is 5.80. The van der Waals surface area contributed by atoms with Crippen LogP contribution in [0.15, 0.2) is 41.7 Å². The maximum absolute atomic E-state index is 11.2. The average molecular weight is 373 g/mol. The molecule has 7 nitrogen and oxygen atoms in total. The van der Waals surface area contributed by atoms with Gasteiger partial charge in [0.2, 0.25) is 0 Å². The van der Waals surface area contributed by atoms with E-state index in [4.69, 9.17) is 0 Å². The Bertz CT molecular complexity index is 765. The van der Waals surface area contributed by atoms with E-state index in [9.17, 15) is 10.1 Å². The molecule has 1 aliphatic rings. The fourth-order valence-electron chi connectivity index (χ4n) is 3.36. The first-order valence-corrected chi connectivity index (χ1v) is 9.85. The van der Waals surface area contributed by atoms with E-state index in [1.807, 2.05) is 31.5 Å². The number of benzene rings is 1. The molecule has 1 aromatic heterocycles. The monoisotopic (exact) mass is 373 g/mol. The van der Waals surface area contributed by atoms with E-state index in [1.54, 1.807) is 30.1 Å². The highest BCUT2D eigenvalue weighted by Gasteiger charge is 2.25. The third-order valence-corrected chi connectivity index (χ3v) is 5.38. The Hall–Kier alpha value is -2.19. The van der Waals surface area contributed by atoms with Crippen molar-refractivity contribution in [1.29, 1.82) is 0 Å². The molecule has 138 valence electrons. The first-order chi connectivity index (χ1) is 12.6. The van der Waals surface area contributed by atoms with Gasteiger partial charge in [0.25, 0.3) is 5.69 Å². The van der Waals surface area contributed by atoms with Gasteiger partial charge in [0.1, 0.15) is 5.82 Å². The Kier molecular flexibility index (Phi) is 6.05. The predicted molar refractivity (Wildman–Crippen MR) is 104 cm³/mol. The molecule has 0 amide bonds. The molecule has 1 saturated heterocycles. The Labute approximate surface area is 157 Å². The molecule has 0 spiro atoms. The number of rotatable bonds is 6. The summed E-state index contributed by atoms with van der Waals surface area (Å²) in [7, 11) is 2.05. The second kappa shape index (κ2) is 8.46. The van der Waals surface area contributed by atoms with E-state index >= 15 is 0 Å². The van der Waals surface area contributed by atoms with E-state index < -0.39 is 0 Å². The average Bonchev–Trinajstić information content (AvgIpc) is 2.68. The molecule has 26 heavy (non-hydrogen) atoms. The zero-order valence-corrected chi connectivity index (χ0v) is 15.9. The summed E-state index contributed by atoms with van der Waals surface area (Å²) in [5.74, 6) is 0.976. The first kappa shape index (κ1) is 18.6. The van der Waals surface area contributed by atoms with Gasteiger partial charge < -0.3 is 4.90 Å². The molecule has 2 heterocycles. The van der Waals surface area contributed by atoms with Crippen LogP contribution in [0.4, 0.5) is 11.5 Å². The molecule has 0 N–H and O–H groups in total. The molecule has 1 aliphatic heterocycles. The molecular formula is C18H23N5O2S. The minimum atomic E-state index is -0.301. The van der Waals surface area contributed by atoms with Crippen molar-refractivity contribution in [1.82, 2.24) is 14.9 Å². The van der Waals surface area contributed by atoms with Crippen LogP contribution in [0.25, 0.3) is 0 Å².